The van der Waals surface area contributed by atoms with Crippen molar-refractivity contribution in [2.24, 2.45) is 0 Å². The van der Waals surface area contributed by atoms with Crippen LogP contribution in [0.25, 0.3) is 10.4 Å². The standard InChI is InChI=1S/C23H26FN3O3S2/c1-15-13-27(14-16(2)25-15)21-12-20(22(30-3)11-19(21)24)26-32(28,29)18-8-6-17(7-9-18)23-5-4-10-31-23/h4-12,15-16,25-26H,13-14H2,1-3H3/t15-,16+. The monoisotopic (exact) mass is 475 g/mol. The van der Waals surface area contributed by atoms with Gasteiger partial charge in [-0.2, -0.15) is 0 Å². The van der Waals surface area contributed by atoms with Gasteiger partial charge >= 0.3 is 0 Å². The first-order valence-corrected chi connectivity index (χ1v) is 12.7. The largest absolute Gasteiger partial charge is 0.494 e. The number of halogens is 1. The second-order valence-electron chi connectivity index (χ2n) is 7.98. The molecule has 1 saturated heterocycles. The van der Waals surface area contributed by atoms with Crippen LogP contribution < -0.4 is 19.7 Å². The number of hydrogen-bond donors (Lipinski definition) is 2. The number of anilines is 2. The Morgan fingerprint density at radius 1 is 1.12 bits per heavy atom. The van der Waals surface area contributed by atoms with Crippen LogP contribution in [-0.2, 0) is 10.0 Å². The molecule has 0 saturated carbocycles. The van der Waals surface area contributed by atoms with Gasteiger partial charge in [-0.25, -0.2) is 12.8 Å². The molecule has 0 bridgehead atoms. The maximum atomic E-state index is 14.9. The van der Waals surface area contributed by atoms with Crippen molar-refractivity contribution >= 4 is 32.7 Å². The third-order valence-corrected chi connectivity index (χ3v) is 7.68. The molecule has 2 aromatic carbocycles. The summed E-state index contributed by atoms with van der Waals surface area (Å²) in [5, 5.41) is 5.38. The number of piperazine rings is 1. The van der Waals surface area contributed by atoms with Crippen molar-refractivity contribution in [3.8, 4) is 16.2 Å². The highest BCUT2D eigenvalue weighted by molar-refractivity contribution is 7.92. The summed E-state index contributed by atoms with van der Waals surface area (Å²) >= 11 is 1.59. The number of benzene rings is 2. The highest BCUT2D eigenvalue weighted by atomic mass is 32.2. The first-order chi connectivity index (χ1) is 15.3. The van der Waals surface area contributed by atoms with Crippen LogP contribution in [0, 0.1) is 5.82 Å². The van der Waals surface area contributed by atoms with Gasteiger partial charge in [0.25, 0.3) is 10.0 Å². The average Bonchev–Trinajstić information content (AvgIpc) is 3.29. The molecule has 4 rings (SSSR count). The van der Waals surface area contributed by atoms with Crippen molar-refractivity contribution in [1.29, 1.82) is 0 Å². The van der Waals surface area contributed by atoms with Gasteiger partial charge in [0.15, 0.2) is 0 Å². The Morgan fingerprint density at radius 2 is 1.81 bits per heavy atom. The quantitative estimate of drug-likeness (QED) is 0.547. The molecule has 0 aliphatic carbocycles. The SMILES string of the molecule is COc1cc(F)c(N2C[C@@H](C)N[C@@H](C)C2)cc1NS(=O)(=O)c1ccc(-c2cccs2)cc1. The zero-order valence-corrected chi connectivity index (χ0v) is 19.8. The van der Waals surface area contributed by atoms with Gasteiger partial charge in [0.2, 0.25) is 0 Å². The van der Waals surface area contributed by atoms with E-state index in [0.717, 1.165) is 10.4 Å². The molecule has 0 radical (unpaired) electrons. The number of nitrogens with one attached hydrogen (secondary N) is 2. The minimum Gasteiger partial charge on any atom is -0.494 e. The highest BCUT2D eigenvalue weighted by Gasteiger charge is 2.26. The molecule has 0 amide bonds. The molecule has 6 nitrogen and oxygen atoms in total. The van der Waals surface area contributed by atoms with E-state index in [4.69, 9.17) is 4.74 Å². The normalized spacial score (nSPS) is 19.1. The number of sulfonamides is 1. The van der Waals surface area contributed by atoms with E-state index >= 15 is 0 Å². The molecular weight excluding hydrogens is 449 g/mol. The average molecular weight is 476 g/mol. The Morgan fingerprint density at radius 3 is 2.41 bits per heavy atom. The molecule has 0 unspecified atom stereocenters. The second-order valence-corrected chi connectivity index (χ2v) is 10.6. The van der Waals surface area contributed by atoms with Crippen LogP contribution in [-0.4, -0.2) is 40.7 Å². The first-order valence-electron chi connectivity index (χ1n) is 10.3. The van der Waals surface area contributed by atoms with Gasteiger partial charge in [0.1, 0.15) is 11.6 Å². The van der Waals surface area contributed by atoms with E-state index in [0.29, 0.717) is 18.8 Å². The summed E-state index contributed by atoms with van der Waals surface area (Å²) in [7, 11) is -2.51. The maximum absolute atomic E-state index is 14.9. The Balaban J connectivity index is 1.63. The Hall–Kier alpha value is -2.62. The third-order valence-electron chi connectivity index (χ3n) is 5.38. The molecule has 0 spiro atoms. The van der Waals surface area contributed by atoms with Crippen molar-refractivity contribution in [3.05, 3.63) is 59.7 Å². The molecule has 1 aliphatic rings. The van der Waals surface area contributed by atoms with E-state index in [1.165, 1.54) is 19.2 Å². The second kappa shape index (κ2) is 9.09. The number of nitrogens with zero attached hydrogens (tertiary/aromatic N) is 1. The lowest BCUT2D eigenvalue weighted by atomic mass is 10.1. The Bertz CT molecular complexity index is 1170. The summed E-state index contributed by atoms with van der Waals surface area (Å²) in [4.78, 5) is 3.11. The molecule has 32 heavy (non-hydrogen) atoms. The van der Waals surface area contributed by atoms with Gasteiger partial charge in [0.05, 0.1) is 23.4 Å². The van der Waals surface area contributed by atoms with Crippen molar-refractivity contribution in [2.75, 3.05) is 29.8 Å². The van der Waals surface area contributed by atoms with Gasteiger partial charge in [-0.1, -0.05) is 18.2 Å². The van der Waals surface area contributed by atoms with Crippen LogP contribution in [0.1, 0.15) is 13.8 Å². The van der Waals surface area contributed by atoms with Gasteiger partial charge in [-0.3, -0.25) is 4.72 Å². The Kier molecular flexibility index (Phi) is 6.41. The van der Waals surface area contributed by atoms with E-state index in [1.807, 2.05) is 36.3 Å². The lowest BCUT2D eigenvalue weighted by molar-refractivity contribution is 0.401. The lowest BCUT2D eigenvalue weighted by Gasteiger charge is -2.38. The van der Waals surface area contributed by atoms with Crippen LogP contribution in [0.4, 0.5) is 15.8 Å². The summed E-state index contributed by atoms with van der Waals surface area (Å²) < 4.78 is 48.8. The van der Waals surface area contributed by atoms with Crippen LogP contribution in [0.2, 0.25) is 0 Å². The molecule has 1 aliphatic heterocycles. The van der Waals surface area contributed by atoms with E-state index in [9.17, 15) is 12.8 Å². The van der Waals surface area contributed by atoms with Crippen molar-refractivity contribution in [1.82, 2.24) is 5.32 Å². The van der Waals surface area contributed by atoms with Crippen LogP contribution >= 0.6 is 11.3 Å². The summed E-state index contributed by atoms with van der Waals surface area (Å²) in [6, 6.07) is 13.7. The van der Waals surface area contributed by atoms with Crippen LogP contribution in [0.3, 0.4) is 0 Å². The zero-order chi connectivity index (χ0) is 22.9. The number of methoxy groups -OCH3 is 1. The lowest BCUT2D eigenvalue weighted by Crippen LogP contribution is -2.54. The molecule has 2 atom stereocenters. The minimum absolute atomic E-state index is 0.121. The molecule has 2 heterocycles. The predicted molar refractivity (Wildman–Crippen MR) is 128 cm³/mol. The number of ether oxygens (including phenoxy) is 1. The fourth-order valence-corrected chi connectivity index (χ4v) is 5.80. The first kappa shape index (κ1) is 22.6. The van der Waals surface area contributed by atoms with E-state index < -0.39 is 15.8 Å². The zero-order valence-electron chi connectivity index (χ0n) is 18.1. The molecule has 3 aromatic rings. The van der Waals surface area contributed by atoms with Gasteiger partial charge in [-0.05, 0) is 49.1 Å². The maximum Gasteiger partial charge on any atom is 0.262 e. The highest BCUT2D eigenvalue weighted by Crippen LogP contribution is 2.35. The van der Waals surface area contributed by atoms with Crippen LogP contribution in [0.15, 0.2) is 58.8 Å². The van der Waals surface area contributed by atoms with Crippen molar-refractivity contribution in [3.63, 3.8) is 0 Å². The molecule has 1 aromatic heterocycles. The van der Waals surface area contributed by atoms with Gasteiger partial charge < -0.3 is 15.0 Å². The minimum atomic E-state index is -3.89. The summed E-state index contributed by atoms with van der Waals surface area (Å²) in [6.45, 7) is 5.30. The fraction of sp³-hybridized carbons (Fsp3) is 0.304. The van der Waals surface area contributed by atoms with Gasteiger partial charge in [0, 0.05) is 36.1 Å². The predicted octanol–water partition coefficient (Wildman–Crippen LogP) is 4.55. The van der Waals surface area contributed by atoms with E-state index in [1.54, 1.807) is 35.6 Å². The van der Waals surface area contributed by atoms with Crippen molar-refractivity contribution < 1.29 is 17.5 Å². The Labute approximate surface area is 192 Å². The van der Waals surface area contributed by atoms with E-state index in [2.05, 4.69) is 10.0 Å². The van der Waals surface area contributed by atoms with E-state index in [-0.39, 0.29) is 28.4 Å². The molecular formula is C23H26FN3O3S2. The molecule has 2 N–H and O–H groups in total. The molecule has 170 valence electrons. The summed E-state index contributed by atoms with van der Waals surface area (Å²) in [5.41, 5.74) is 1.49. The van der Waals surface area contributed by atoms with Crippen LogP contribution in [0.5, 0.6) is 5.75 Å². The summed E-state index contributed by atoms with van der Waals surface area (Å²) in [6.07, 6.45) is 0. The molecule has 1 fully saturated rings. The number of thiophene rings is 1. The van der Waals surface area contributed by atoms with Gasteiger partial charge in [-0.15, -0.1) is 11.3 Å². The molecule has 9 heteroatoms. The van der Waals surface area contributed by atoms with Crippen molar-refractivity contribution in [2.45, 2.75) is 30.8 Å². The third kappa shape index (κ3) is 4.74. The fourth-order valence-electron chi connectivity index (χ4n) is 4.00. The smallest absolute Gasteiger partial charge is 0.262 e. The summed E-state index contributed by atoms with van der Waals surface area (Å²) in [5.74, 6) is -0.326. The topological polar surface area (TPSA) is 70.7 Å². The number of rotatable bonds is 6. The number of hydrogen-bond acceptors (Lipinski definition) is 6.